The number of hydrogen-bond donors (Lipinski definition) is 2. The lowest BCUT2D eigenvalue weighted by atomic mass is 9.61. The van der Waals surface area contributed by atoms with Crippen LogP contribution < -0.4 is 0 Å². The molecule has 0 aromatic heterocycles. The first-order valence-electron chi connectivity index (χ1n) is 8.36. The summed E-state index contributed by atoms with van der Waals surface area (Å²) in [6.07, 6.45) is 3.89. The van der Waals surface area contributed by atoms with E-state index in [1.807, 2.05) is 12.1 Å². The molecule has 0 aliphatic heterocycles. The molecule has 1 aromatic rings. The van der Waals surface area contributed by atoms with E-state index in [-0.39, 0.29) is 11.3 Å². The molecular formula is C19H30O2. The topological polar surface area (TPSA) is 40.5 Å². The molecule has 1 aliphatic rings. The maximum absolute atomic E-state index is 10.5. The van der Waals surface area contributed by atoms with Crippen LogP contribution in [0.4, 0.5) is 0 Å². The summed E-state index contributed by atoms with van der Waals surface area (Å²) in [6.45, 7) is 10.9. The van der Waals surface area contributed by atoms with Crippen molar-refractivity contribution in [3.05, 3.63) is 28.8 Å². The molecule has 1 aliphatic carbocycles. The van der Waals surface area contributed by atoms with Gasteiger partial charge >= 0.3 is 0 Å². The van der Waals surface area contributed by atoms with Crippen molar-refractivity contribution in [3.8, 4) is 5.75 Å². The first kappa shape index (κ1) is 16.4. The minimum Gasteiger partial charge on any atom is -0.508 e. The first-order chi connectivity index (χ1) is 9.81. The number of phenolic OH excluding ortho intramolecular Hbond substituents is 1. The van der Waals surface area contributed by atoms with E-state index in [1.165, 1.54) is 12.8 Å². The largest absolute Gasteiger partial charge is 0.508 e. The molecule has 2 nitrogen and oxygen atoms in total. The fourth-order valence-electron chi connectivity index (χ4n) is 3.77. The minimum atomic E-state index is -0.400. The average Bonchev–Trinajstić information content (AvgIpc) is 2.42. The Hall–Kier alpha value is -1.02. The third kappa shape index (κ3) is 2.83. The second-order valence-electron chi connectivity index (χ2n) is 7.33. The van der Waals surface area contributed by atoms with Gasteiger partial charge in [-0.3, -0.25) is 0 Å². The van der Waals surface area contributed by atoms with E-state index in [0.29, 0.717) is 11.7 Å². The van der Waals surface area contributed by atoms with Crippen LogP contribution in [0, 0.1) is 5.92 Å². The van der Waals surface area contributed by atoms with Crippen LogP contribution in [0.2, 0.25) is 0 Å². The van der Waals surface area contributed by atoms with E-state index >= 15 is 0 Å². The lowest BCUT2D eigenvalue weighted by Crippen LogP contribution is -2.37. The Balaban J connectivity index is 2.56. The van der Waals surface area contributed by atoms with Crippen molar-refractivity contribution in [2.45, 2.75) is 77.7 Å². The SMILES string of the molecule is CCCC[C@]1(C)c2cc(O)c(C(C)C)cc2C(O)CC1C. The number of rotatable bonds is 4. The quantitative estimate of drug-likeness (QED) is 0.816. The molecule has 0 amide bonds. The Morgan fingerprint density at radius 3 is 2.57 bits per heavy atom. The molecule has 0 saturated carbocycles. The van der Waals surface area contributed by atoms with Gasteiger partial charge in [0.2, 0.25) is 0 Å². The average molecular weight is 290 g/mol. The first-order valence-corrected chi connectivity index (χ1v) is 8.36. The molecule has 0 heterocycles. The smallest absolute Gasteiger partial charge is 0.119 e. The van der Waals surface area contributed by atoms with Crippen LogP contribution in [-0.4, -0.2) is 10.2 Å². The zero-order chi connectivity index (χ0) is 15.8. The van der Waals surface area contributed by atoms with E-state index in [4.69, 9.17) is 0 Å². The highest BCUT2D eigenvalue weighted by molar-refractivity contribution is 5.49. The number of fused-ring (bicyclic) bond motifs is 1. The van der Waals surface area contributed by atoms with Crippen molar-refractivity contribution in [1.82, 2.24) is 0 Å². The molecule has 0 saturated heterocycles. The van der Waals surface area contributed by atoms with Crippen LogP contribution in [0.1, 0.15) is 89.0 Å². The van der Waals surface area contributed by atoms with Gasteiger partial charge in [0.15, 0.2) is 0 Å². The summed E-state index contributed by atoms with van der Waals surface area (Å²) in [4.78, 5) is 0. The summed E-state index contributed by atoms with van der Waals surface area (Å²) in [5.41, 5.74) is 3.19. The predicted octanol–water partition coefficient (Wildman–Crippen LogP) is 5.04. The van der Waals surface area contributed by atoms with Crippen LogP contribution >= 0.6 is 0 Å². The minimum absolute atomic E-state index is 0.0531. The number of phenols is 1. The van der Waals surface area contributed by atoms with Gasteiger partial charge in [-0.2, -0.15) is 0 Å². The van der Waals surface area contributed by atoms with Gasteiger partial charge in [0.1, 0.15) is 5.75 Å². The molecule has 0 fully saturated rings. The van der Waals surface area contributed by atoms with Crippen LogP contribution in [0.25, 0.3) is 0 Å². The summed E-state index contributed by atoms with van der Waals surface area (Å²) in [5, 5.41) is 20.9. The van der Waals surface area contributed by atoms with Crippen molar-refractivity contribution >= 4 is 0 Å². The van der Waals surface area contributed by atoms with Crippen molar-refractivity contribution in [1.29, 1.82) is 0 Å². The summed E-state index contributed by atoms with van der Waals surface area (Å²) in [6, 6.07) is 3.97. The lowest BCUT2D eigenvalue weighted by Gasteiger charge is -2.44. The van der Waals surface area contributed by atoms with Gasteiger partial charge < -0.3 is 10.2 Å². The van der Waals surface area contributed by atoms with Gasteiger partial charge in [-0.1, -0.05) is 47.5 Å². The molecular weight excluding hydrogens is 260 g/mol. The Kier molecular flexibility index (Phi) is 4.67. The summed E-state index contributed by atoms with van der Waals surface area (Å²) in [7, 11) is 0. The highest BCUT2D eigenvalue weighted by Gasteiger charge is 2.41. The van der Waals surface area contributed by atoms with Gasteiger partial charge in [0, 0.05) is 0 Å². The second-order valence-corrected chi connectivity index (χ2v) is 7.33. The van der Waals surface area contributed by atoms with Gasteiger partial charge in [-0.15, -0.1) is 0 Å². The van der Waals surface area contributed by atoms with Crippen molar-refractivity contribution in [2.24, 2.45) is 5.92 Å². The number of hydrogen-bond acceptors (Lipinski definition) is 2. The molecule has 21 heavy (non-hydrogen) atoms. The standard InChI is InChI=1S/C19H30O2/c1-6-7-8-19(5)13(4)9-17(20)15-10-14(12(2)3)18(21)11-16(15)19/h10-13,17,20-21H,6-9H2,1-5H3/t13?,17?,19-/m0/s1. The van der Waals surface area contributed by atoms with Gasteiger partial charge in [0.25, 0.3) is 0 Å². The summed E-state index contributed by atoms with van der Waals surface area (Å²) in [5.74, 6) is 1.08. The van der Waals surface area contributed by atoms with Crippen molar-refractivity contribution < 1.29 is 10.2 Å². The number of benzene rings is 1. The third-order valence-corrected chi connectivity index (χ3v) is 5.51. The van der Waals surface area contributed by atoms with Crippen LogP contribution in [0.3, 0.4) is 0 Å². The molecule has 118 valence electrons. The maximum Gasteiger partial charge on any atom is 0.119 e. The summed E-state index contributed by atoms with van der Waals surface area (Å²) >= 11 is 0. The Bertz CT molecular complexity index is 507. The molecule has 2 rings (SSSR count). The van der Waals surface area contributed by atoms with Gasteiger partial charge in [0.05, 0.1) is 6.10 Å². The lowest BCUT2D eigenvalue weighted by molar-refractivity contribution is 0.0969. The van der Waals surface area contributed by atoms with Gasteiger partial charge in [-0.25, -0.2) is 0 Å². The maximum atomic E-state index is 10.5. The van der Waals surface area contributed by atoms with E-state index in [0.717, 1.165) is 29.5 Å². The number of aromatic hydroxyl groups is 1. The molecule has 2 N–H and O–H groups in total. The molecule has 0 radical (unpaired) electrons. The number of unbranched alkanes of at least 4 members (excludes halogenated alkanes) is 1. The fourth-order valence-corrected chi connectivity index (χ4v) is 3.77. The van der Waals surface area contributed by atoms with Crippen LogP contribution in [0.15, 0.2) is 12.1 Å². The predicted molar refractivity (Wildman–Crippen MR) is 87.8 cm³/mol. The molecule has 2 unspecified atom stereocenters. The van der Waals surface area contributed by atoms with E-state index in [1.54, 1.807) is 0 Å². The van der Waals surface area contributed by atoms with Crippen molar-refractivity contribution in [3.63, 3.8) is 0 Å². The summed E-state index contributed by atoms with van der Waals surface area (Å²) < 4.78 is 0. The number of aliphatic hydroxyl groups is 1. The zero-order valence-corrected chi connectivity index (χ0v) is 14.1. The van der Waals surface area contributed by atoms with Crippen LogP contribution in [-0.2, 0) is 5.41 Å². The van der Waals surface area contributed by atoms with Gasteiger partial charge in [-0.05, 0) is 58.9 Å². The third-order valence-electron chi connectivity index (χ3n) is 5.51. The molecule has 0 spiro atoms. The van der Waals surface area contributed by atoms with E-state index in [9.17, 15) is 10.2 Å². The van der Waals surface area contributed by atoms with E-state index in [2.05, 4.69) is 34.6 Å². The van der Waals surface area contributed by atoms with Crippen molar-refractivity contribution in [2.75, 3.05) is 0 Å². The fraction of sp³-hybridized carbons (Fsp3) is 0.684. The molecule has 2 heteroatoms. The normalized spacial score (nSPS) is 28.7. The molecule has 0 bridgehead atoms. The molecule has 1 aromatic carbocycles. The Morgan fingerprint density at radius 2 is 2.00 bits per heavy atom. The van der Waals surface area contributed by atoms with Crippen LogP contribution in [0.5, 0.6) is 5.75 Å². The second kappa shape index (κ2) is 6.00. The highest BCUT2D eigenvalue weighted by Crippen LogP contribution is 2.50. The Morgan fingerprint density at radius 1 is 1.33 bits per heavy atom. The zero-order valence-electron chi connectivity index (χ0n) is 14.1. The van der Waals surface area contributed by atoms with E-state index < -0.39 is 6.10 Å². The highest BCUT2D eigenvalue weighted by atomic mass is 16.3. The Labute approximate surface area is 129 Å². The molecule has 3 atom stereocenters. The number of aliphatic hydroxyl groups excluding tert-OH is 1. The monoisotopic (exact) mass is 290 g/mol.